The van der Waals surface area contributed by atoms with Gasteiger partial charge in [-0.25, -0.2) is 0 Å². The molecule has 0 aliphatic carbocycles. The van der Waals surface area contributed by atoms with E-state index in [1.54, 1.807) is 0 Å². The van der Waals surface area contributed by atoms with Gasteiger partial charge in [-0.15, -0.1) is 0 Å². The van der Waals surface area contributed by atoms with Crippen LogP contribution in [-0.2, 0) is 9.53 Å². The maximum absolute atomic E-state index is 12.1. The van der Waals surface area contributed by atoms with E-state index >= 15 is 0 Å². The number of carbonyl (C=O) groups is 1. The number of anilines is 1. The van der Waals surface area contributed by atoms with E-state index in [1.807, 2.05) is 13.0 Å². The smallest absolute Gasteiger partial charge is 0.239 e. The van der Waals surface area contributed by atoms with Crippen molar-refractivity contribution in [1.29, 1.82) is 0 Å². The number of nitrogens with one attached hydrogen (secondary N) is 1. The summed E-state index contributed by atoms with van der Waals surface area (Å²) in [5.41, 5.74) is 1.17. The summed E-state index contributed by atoms with van der Waals surface area (Å²) in [7, 11) is 0. The summed E-state index contributed by atoms with van der Waals surface area (Å²) in [6.07, 6.45) is 0. The normalized spacial score (nSPS) is 16.4. The molecule has 1 aromatic heterocycles. The predicted octanol–water partition coefficient (Wildman–Crippen LogP) is 1.88. The van der Waals surface area contributed by atoms with Gasteiger partial charge in [-0.1, -0.05) is 11.6 Å². The van der Waals surface area contributed by atoms with Crippen LogP contribution in [0, 0.1) is 6.92 Å². The van der Waals surface area contributed by atoms with Crippen LogP contribution in [0.3, 0.4) is 0 Å². The number of aromatic nitrogens is 1. The van der Waals surface area contributed by atoms with Crippen molar-refractivity contribution in [2.75, 3.05) is 38.2 Å². The lowest BCUT2D eigenvalue weighted by Gasteiger charge is -2.25. The van der Waals surface area contributed by atoms with Gasteiger partial charge in [-0.05, 0) is 30.6 Å². The molecule has 1 amide bonds. The van der Waals surface area contributed by atoms with Crippen LogP contribution in [0.25, 0.3) is 10.1 Å². The minimum absolute atomic E-state index is 0.0133. The highest BCUT2D eigenvalue weighted by molar-refractivity contribution is 7.13. The summed E-state index contributed by atoms with van der Waals surface area (Å²) < 4.78 is 10.7. The van der Waals surface area contributed by atoms with Gasteiger partial charge in [0, 0.05) is 18.5 Å². The number of hydrogen-bond acceptors (Lipinski definition) is 5. The van der Waals surface area contributed by atoms with Gasteiger partial charge in [-0.3, -0.25) is 9.69 Å². The predicted molar refractivity (Wildman–Crippen MR) is 80.2 cm³/mol. The highest BCUT2D eigenvalue weighted by atomic mass is 32.1. The number of rotatable bonds is 3. The number of aryl methyl sites for hydroxylation is 1. The molecular weight excluding hydrogens is 274 g/mol. The van der Waals surface area contributed by atoms with Gasteiger partial charge in [0.2, 0.25) is 5.91 Å². The van der Waals surface area contributed by atoms with E-state index in [0.717, 1.165) is 23.2 Å². The van der Waals surface area contributed by atoms with Crippen molar-refractivity contribution in [2.45, 2.75) is 6.92 Å². The van der Waals surface area contributed by atoms with Gasteiger partial charge in [0.15, 0.2) is 5.82 Å². The number of nitrogens with zero attached hydrogens (tertiary/aromatic N) is 2. The maximum Gasteiger partial charge on any atom is 0.239 e. The molecule has 0 spiro atoms. The molecule has 1 N–H and O–H groups in total. The van der Waals surface area contributed by atoms with E-state index in [0.29, 0.717) is 25.6 Å². The van der Waals surface area contributed by atoms with Crippen molar-refractivity contribution in [3.8, 4) is 0 Å². The summed E-state index contributed by atoms with van der Waals surface area (Å²) in [5.74, 6) is 0.660. The summed E-state index contributed by atoms with van der Waals surface area (Å²) in [6, 6.07) is 6.16. The number of amides is 1. The van der Waals surface area contributed by atoms with E-state index in [1.165, 1.54) is 17.1 Å². The molecular formula is C14H17N3O2S. The fraction of sp³-hybridized carbons (Fsp3) is 0.429. The lowest BCUT2D eigenvalue weighted by Crippen LogP contribution is -2.41. The molecule has 5 nitrogen and oxygen atoms in total. The van der Waals surface area contributed by atoms with Gasteiger partial charge >= 0.3 is 0 Å². The van der Waals surface area contributed by atoms with Gasteiger partial charge in [0.05, 0.1) is 24.5 Å². The Hall–Kier alpha value is -1.50. The molecule has 0 unspecified atom stereocenters. The Bertz CT molecular complexity index is 620. The zero-order valence-corrected chi connectivity index (χ0v) is 12.2. The molecule has 0 saturated carbocycles. The first-order valence-electron chi connectivity index (χ1n) is 6.68. The van der Waals surface area contributed by atoms with Crippen molar-refractivity contribution in [2.24, 2.45) is 0 Å². The number of morpholine rings is 1. The Kier molecular flexibility index (Phi) is 3.95. The van der Waals surface area contributed by atoms with Crippen molar-refractivity contribution in [3.63, 3.8) is 0 Å². The molecule has 20 heavy (non-hydrogen) atoms. The lowest BCUT2D eigenvalue weighted by molar-refractivity contribution is -0.118. The molecule has 3 rings (SSSR count). The Balaban J connectivity index is 1.69. The molecule has 1 aromatic carbocycles. The third-order valence-electron chi connectivity index (χ3n) is 3.35. The van der Waals surface area contributed by atoms with Crippen LogP contribution in [0.5, 0.6) is 0 Å². The molecule has 1 aliphatic rings. The van der Waals surface area contributed by atoms with Crippen molar-refractivity contribution >= 4 is 33.3 Å². The van der Waals surface area contributed by atoms with Gasteiger partial charge in [0.1, 0.15) is 0 Å². The molecule has 106 valence electrons. The topological polar surface area (TPSA) is 54.5 Å². The summed E-state index contributed by atoms with van der Waals surface area (Å²) >= 11 is 1.41. The first-order chi connectivity index (χ1) is 9.72. The number of ether oxygens (including phenoxy) is 1. The van der Waals surface area contributed by atoms with E-state index in [9.17, 15) is 4.79 Å². The third-order valence-corrected chi connectivity index (χ3v) is 4.18. The van der Waals surface area contributed by atoms with E-state index in [2.05, 4.69) is 26.7 Å². The van der Waals surface area contributed by atoms with Crippen LogP contribution < -0.4 is 5.32 Å². The highest BCUT2D eigenvalue weighted by Gasteiger charge is 2.16. The quantitative estimate of drug-likeness (QED) is 0.938. The van der Waals surface area contributed by atoms with E-state index in [4.69, 9.17) is 4.74 Å². The molecule has 0 atom stereocenters. The summed E-state index contributed by atoms with van der Waals surface area (Å²) in [4.78, 5) is 14.2. The zero-order chi connectivity index (χ0) is 13.9. The molecule has 1 aliphatic heterocycles. The number of fused-ring (bicyclic) bond motifs is 1. The number of carbonyl (C=O) groups excluding carboxylic acids is 1. The third kappa shape index (κ3) is 2.98. The molecule has 1 fully saturated rings. The monoisotopic (exact) mass is 291 g/mol. The average Bonchev–Trinajstić information content (AvgIpc) is 2.82. The molecule has 1 saturated heterocycles. The second-order valence-corrected chi connectivity index (χ2v) is 5.77. The van der Waals surface area contributed by atoms with Crippen LogP contribution in [0.4, 0.5) is 5.82 Å². The van der Waals surface area contributed by atoms with Gasteiger partial charge in [-0.2, -0.15) is 4.37 Å². The highest BCUT2D eigenvalue weighted by Crippen LogP contribution is 2.27. The average molecular weight is 291 g/mol. The first-order valence-corrected chi connectivity index (χ1v) is 7.46. The molecule has 0 bridgehead atoms. The molecule has 0 radical (unpaired) electrons. The Morgan fingerprint density at radius 3 is 3.05 bits per heavy atom. The van der Waals surface area contributed by atoms with Crippen LogP contribution in [0.1, 0.15) is 5.56 Å². The molecule has 2 aromatic rings. The second kappa shape index (κ2) is 5.87. The van der Waals surface area contributed by atoms with Gasteiger partial charge in [0.25, 0.3) is 0 Å². The van der Waals surface area contributed by atoms with Crippen LogP contribution in [0.2, 0.25) is 0 Å². The number of benzene rings is 1. The Morgan fingerprint density at radius 2 is 2.25 bits per heavy atom. The largest absolute Gasteiger partial charge is 0.379 e. The maximum atomic E-state index is 12.1. The van der Waals surface area contributed by atoms with Crippen molar-refractivity contribution in [3.05, 3.63) is 23.8 Å². The van der Waals surface area contributed by atoms with E-state index in [-0.39, 0.29) is 5.91 Å². The second-order valence-electron chi connectivity index (χ2n) is 4.97. The Morgan fingerprint density at radius 1 is 1.45 bits per heavy atom. The number of hydrogen-bond donors (Lipinski definition) is 1. The van der Waals surface area contributed by atoms with Crippen molar-refractivity contribution in [1.82, 2.24) is 9.27 Å². The van der Waals surface area contributed by atoms with E-state index < -0.39 is 0 Å². The fourth-order valence-electron chi connectivity index (χ4n) is 2.28. The minimum atomic E-state index is -0.0133. The standard InChI is InChI=1S/C14H17N3O2S/c1-10-2-3-12-11(8-10)14(16-20-12)15-13(18)9-17-4-6-19-7-5-17/h2-3,8H,4-7,9H2,1H3,(H,15,16,18). The lowest BCUT2D eigenvalue weighted by atomic mass is 10.2. The Labute approximate surface area is 121 Å². The van der Waals surface area contributed by atoms with Crippen LogP contribution >= 0.6 is 11.5 Å². The van der Waals surface area contributed by atoms with Crippen LogP contribution in [-0.4, -0.2) is 48.0 Å². The summed E-state index contributed by atoms with van der Waals surface area (Å²) in [6.45, 7) is 5.46. The summed E-state index contributed by atoms with van der Waals surface area (Å²) in [5, 5.41) is 3.94. The minimum Gasteiger partial charge on any atom is -0.379 e. The molecule has 6 heteroatoms. The molecule has 2 heterocycles. The van der Waals surface area contributed by atoms with Gasteiger partial charge < -0.3 is 10.1 Å². The SMILES string of the molecule is Cc1ccc2snc(NC(=O)CN3CCOCC3)c2c1. The first kappa shape index (κ1) is 13.5. The fourth-order valence-corrected chi connectivity index (χ4v) is 2.99. The zero-order valence-electron chi connectivity index (χ0n) is 11.4. The van der Waals surface area contributed by atoms with Crippen molar-refractivity contribution < 1.29 is 9.53 Å². The van der Waals surface area contributed by atoms with Crippen LogP contribution in [0.15, 0.2) is 18.2 Å².